The van der Waals surface area contributed by atoms with Crippen molar-refractivity contribution in [3.8, 4) is 0 Å². The van der Waals surface area contributed by atoms with Crippen molar-refractivity contribution in [2.75, 3.05) is 17.2 Å². The van der Waals surface area contributed by atoms with Crippen LogP contribution in [0.4, 0.5) is 11.5 Å². The quantitative estimate of drug-likeness (QED) is 0.801. The number of carbonyl (C=O) groups excluding carboxylic acids is 1. The van der Waals surface area contributed by atoms with Crippen LogP contribution < -0.4 is 16.4 Å². The first kappa shape index (κ1) is 14.8. The minimum absolute atomic E-state index is 0.259. The Kier molecular flexibility index (Phi) is 2.97. The maximum atomic E-state index is 11.9. The number of carbonyl (C=O) groups is 1. The lowest BCUT2D eigenvalue weighted by molar-refractivity contribution is 0.100. The molecule has 1 amide bonds. The third kappa shape index (κ3) is 1.85. The molecule has 2 heterocycles. The number of nitrogens with zero attached hydrogens (tertiary/aromatic N) is 1. The molecule has 2 fully saturated rings. The van der Waals surface area contributed by atoms with Crippen LogP contribution in [0.3, 0.4) is 0 Å². The minimum Gasteiger partial charge on any atom is -0.381 e. The molecule has 124 valence electrons. The predicted molar refractivity (Wildman–Crippen MR) is 91.6 cm³/mol. The fourth-order valence-corrected chi connectivity index (χ4v) is 5.20. The van der Waals surface area contributed by atoms with Crippen LogP contribution in [0.2, 0.25) is 0 Å². The zero-order chi connectivity index (χ0) is 16.4. The number of fused-ring (bicyclic) bond motifs is 3. The molecule has 0 spiro atoms. The number of hydrogen-bond acceptors (Lipinski definition) is 4. The fourth-order valence-electron chi connectivity index (χ4n) is 5.20. The summed E-state index contributed by atoms with van der Waals surface area (Å²) in [6, 6.07) is 0.390. The Morgan fingerprint density at radius 3 is 2.83 bits per heavy atom. The Hall–Kier alpha value is -1.78. The van der Waals surface area contributed by atoms with Crippen molar-refractivity contribution in [1.82, 2.24) is 4.98 Å². The van der Waals surface area contributed by atoms with E-state index in [1.807, 2.05) is 0 Å². The molecule has 0 aromatic carbocycles. The first-order valence-corrected chi connectivity index (χ1v) is 8.66. The van der Waals surface area contributed by atoms with Gasteiger partial charge in [-0.2, -0.15) is 0 Å². The highest BCUT2D eigenvalue weighted by atomic mass is 16.1. The lowest BCUT2D eigenvalue weighted by Crippen LogP contribution is -2.40. The average Bonchev–Trinajstić information content (AvgIpc) is 3.10. The smallest absolute Gasteiger partial charge is 0.252 e. The van der Waals surface area contributed by atoms with Gasteiger partial charge in [-0.15, -0.1) is 0 Å². The molecule has 1 aliphatic heterocycles. The zero-order valence-corrected chi connectivity index (χ0v) is 14.2. The lowest BCUT2D eigenvalue weighted by atomic mass is 9.69. The highest BCUT2D eigenvalue weighted by Crippen LogP contribution is 2.66. The van der Waals surface area contributed by atoms with E-state index in [0.29, 0.717) is 17.0 Å². The topological polar surface area (TPSA) is 80.0 Å². The zero-order valence-electron chi connectivity index (χ0n) is 14.2. The number of pyridine rings is 1. The van der Waals surface area contributed by atoms with Gasteiger partial charge in [0.15, 0.2) is 0 Å². The van der Waals surface area contributed by atoms with Crippen LogP contribution in [0.15, 0.2) is 6.20 Å². The van der Waals surface area contributed by atoms with Gasteiger partial charge >= 0.3 is 0 Å². The molecule has 3 atom stereocenters. The Bertz CT molecular complexity index is 684. The third-order valence-electron chi connectivity index (χ3n) is 7.23. The number of aromatic nitrogens is 1. The molecule has 0 radical (unpaired) electrons. The number of anilines is 2. The van der Waals surface area contributed by atoms with Crippen molar-refractivity contribution < 1.29 is 4.79 Å². The third-order valence-corrected chi connectivity index (χ3v) is 7.23. The van der Waals surface area contributed by atoms with Crippen molar-refractivity contribution in [3.05, 3.63) is 17.3 Å². The molecule has 2 bridgehead atoms. The van der Waals surface area contributed by atoms with E-state index in [4.69, 9.17) is 5.73 Å². The predicted octanol–water partition coefficient (Wildman–Crippen LogP) is 2.78. The summed E-state index contributed by atoms with van der Waals surface area (Å²) < 4.78 is 0. The molecular weight excluding hydrogens is 288 g/mol. The Morgan fingerprint density at radius 2 is 2.22 bits per heavy atom. The monoisotopic (exact) mass is 314 g/mol. The standard InChI is InChI=1S/C18H26N4O/c1-17(2)10-4-6-18(17,3)13(8-10)22-14-11-5-7-20-16(11)21-9-12(14)15(19)23/h9-10,13H,4-8H2,1-3H3,(H2,19,23)(H2,20,21,22)/t10-,13+,18+/m1/s1. The summed E-state index contributed by atoms with van der Waals surface area (Å²) in [4.78, 5) is 16.2. The minimum atomic E-state index is -0.401. The number of nitrogens with two attached hydrogens (primary N) is 1. The molecule has 0 saturated heterocycles. The van der Waals surface area contributed by atoms with Crippen molar-refractivity contribution in [3.63, 3.8) is 0 Å². The first-order chi connectivity index (χ1) is 10.8. The maximum absolute atomic E-state index is 11.9. The summed E-state index contributed by atoms with van der Waals surface area (Å²) >= 11 is 0. The van der Waals surface area contributed by atoms with Crippen LogP contribution in [0.5, 0.6) is 0 Å². The summed E-state index contributed by atoms with van der Waals surface area (Å²) in [5.41, 5.74) is 8.76. The van der Waals surface area contributed by atoms with Crippen LogP contribution in [-0.2, 0) is 6.42 Å². The van der Waals surface area contributed by atoms with Gasteiger partial charge in [0.1, 0.15) is 5.82 Å². The van der Waals surface area contributed by atoms with Crippen LogP contribution in [0.25, 0.3) is 0 Å². The second-order valence-corrected chi connectivity index (χ2v) is 8.22. The molecule has 4 N–H and O–H groups in total. The van der Waals surface area contributed by atoms with E-state index in [1.165, 1.54) is 19.3 Å². The first-order valence-electron chi connectivity index (χ1n) is 8.66. The van der Waals surface area contributed by atoms with Gasteiger partial charge in [-0.25, -0.2) is 4.98 Å². The van der Waals surface area contributed by atoms with Crippen LogP contribution in [-0.4, -0.2) is 23.5 Å². The van der Waals surface area contributed by atoms with E-state index in [0.717, 1.165) is 36.0 Å². The van der Waals surface area contributed by atoms with Crippen LogP contribution in [0, 0.1) is 16.7 Å². The molecule has 2 aliphatic carbocycles. The number of nitrogens with one attached hydrogen (secondary N) is 2. The summed E-state index contributed by atoms with van der Waals surface area (Å²) in [7, 11) is 0. The average molecular weight is 314 g/mol. The number of rotatable bonds is 3. The van der Waals surface area contributed by atoms with E-state index >= 15 is 0 Å². The Balaban J connectivity index is 1.73. The van der Waals surface area contributed by atoms with E-state index in [2.05, 4.69) is 36.4 Å². The maximum Gasteiger partial charge on any atom is 0.252 e. The van der Waals surface area contributed by atoms with E-state index in [9.17, 15) is 4.79 Å². The van der Waals surface area contributed by atoms with Crippen molar-refractivity contribution in [2.24, 2.45) is 22.5 Å². The van der Waals surface area contributed by atoms with Gasteiger partial charge in [0.25, 0.3) is 5.91 Å². The second-order valence-electron chi connectivity index (χ2n) is 8.22. The summed E-state index contributed by atoms with van der Waals surface area (Å²) in [6.45, 7) is 8.08. The van der Waals surface area contributed by atoms with E-state index < -0.39 is 5.91 Å². The summed E-state index contributed by atoms with van der Waals surface area (Å²) in [5.74, 6) is 1.25. The molecule has 0 unspecified atom stereocenters. The van der Waals surface area contributed by atoms with Crippen LogP contribution >= 0.6 is 0 Å². The Labute approximate surface area is 137 Å². The molecule has 2 saturated carbocycles. The van der Waals surface area contributed by atoms with Gasteiger partial charge in [-0.1, -0.05) is 20.8 Å². The van der Waals surface area contributed by atoms with Gasteiger partial charge in [0.05, 0.1) is 11.3 Å². The van der Waals surface area contributed by atoms with Gasteiger partial charge in [0.2, 0.25) is 0 Å². The Morgan fingerprint density at radius 1 is 1.43 bits per heavy atom. The van der Waals surface area contributed by atoms with Gasteiger partial charge in [-0.05, 0) is 42.4 Å². The summed E-state index contributed by atoms with van der Waals surface area (Å²) in [6.07, 6.45) is 6.25. The highest BCUT2D eigenvalue weighted by molar-refractivity contribution is 6.00. The van der Waals surface area contributed by atoms with Gasteiger partial charge < -0.3 is 16.4 Å². The molecular formula is C18H26N4O. The van der Waals surface area contributed by atoms with Crippen molar-refractivity contribution in [2.45, 2.75) is 52.5 Å². The molecule has 1 aromatic rings. The molecule has 4 rings (SSSR count). The number of hydrogen-bond donors (Lipinski definition) is 3. The molecule has 5 nitrogen and oxygen atoms in total. The van der Waals surface area contributed by atoms with Crippen molar-refractivity contribution >= 4 is 17.4 Å². The largest absolute Gasteiger partial charge is 0.381 e. The van der Waals surface area contributed by atoms with Gasteiger partial charge in [0, 0.05) is 24.3 Å². The van der Waals surface area contributed by atoms with Crippen LogP contribution in [0.1, 0.15) is 56.0 Å². The number of amides is 1. The van der Waals surface area contributed by atoms with E-state index in [1.54, 1.807) is 6.20 Å². The highest BCUT2D eigenvalue weighted by Gasteiger charge is 2.61. The SMILES string of the molecule is CC1(C)[C@@H]2CC[C@@]1(C)[C@@H](Nc1c(C(N)=O)cnc3c1CCN3)C2. The number of primary amides is 1. The van der Waals surface area contributed by atoms with Crippen molar-refractivity contribution in [1.29, 1.82) is 0 Å². The molecule has 3 aliphatic rings. The fraction of sp³-hybridized carbons (Fsp3) is 0.667. The molecule has 1 aromatic heterocycles. The van der Waals surface area contributed by atoms with Gasteiger partial charge in [-0.3, -0.25) is 4.79 Å². The molecule has 5 heteroatoms. The lowest BCUT2D eigenvalue weighted by Gasteiger charge is -2.40. The summed E-state index contributed by atoms with van der Waals surface area (Å²) in [5, 5.41) is 7.03. The normalized spacial score (nSPS) is 33.3. The molecule has 23 heavy (non-hydrogen) atoms. The second kappa shape index (κ2) is 4.62. The van der Waals surface area contributed by atoms with E-state index in [-0.39, 0.29) is 5.41 Å².